The zero-order chi connectivity index (χ0) is 13.2. The number of H-pyrrole nitrogens is 1. The second-order valence-electron chi connectivity index (χ2n) is 4.45. The van der Waals surface area contributed by atoms with Gasteiger partial charge in [-0.1, -0.05) is 42.5 Å². The summed E-state index contributed by atoms with van der Waals surface area (Å²) >= 11 is 0. The lowest BCUT2D eigenvalue weighted by atomic mass is 9.97. The summed E-state index contributed by atoms with van der Waals surface area (Å²) in [6, 6.07) is 17.5. The summed E-state index contributed by atoms with van der Waals surface area (Å²) in [5.74, 6) is 0. The summed E-state index contributed by atoms with van der Waals surface area (Å²) in [5.41, 5.74) is 9.75. The van der Waals surface area contributed by atoms with E-state index in [-0.39, 0.29) is 5.56 Å². The molecule has 0 fully saturated rings. The molecule has 0 radical (unpaired) electrons. The third kappa shape index (κ3) is 2.04. The first-order chi connectivity index (χ1) is 9.29. The highest BCUT2D eigenvalue weighted by atomic mass is 16.1. The first-order valence-corrected chi connectivity index (χ1v) is 6.20. The van der Waals surface area contributed by atoms with E-state index in [1.807, 2.05) is 42.5 Å². The van der Waals surface area contributed by atoms with E-state index in [4.69, 9.17) is 5.73 Å². The standard InChI is InChI=1S/C16H14N2O/c17-10-14-13(11-4-2-1-3-5-11)8-6-12-7-9-15(19)18-16(12)14/h1-9H,10,17H2,(H,18,19). The fraction of sp³-hybridized carbons (Fsp3) is 0.0625. The second kappa shape index (κ2) is 4.71. The quantitative estimate of drug-likeness (QED) is 0.734. The fourth-order valence-corrected chi connectivity index (χ4v) is 2.38. The lowest BCUT2D eigenvalue weighted by Crippen LogP contribution is -2.07. The van der Waals surface area contributed by atoms with Gasteiger partial charge in [-0.05, 0) is 28.1 Å². The second-order valence-corrected chi connectivity index (χ2v) is 4.45. The first-order valence-electron chi connectivity index (χ1n) is 6.20. The Morgan fingerprint density at radius 1 is 0.947 bits per heavy atom. The maximum Gasteiger partial charge on any atom is 0.248 e. The molecular formula is C16H14N2O. The van der Waals surface area contributed by atoms with Crippen molar-refractivity contribution >= 4 is 10.9 Å². The van der Waals surface area contributed by atoms with Crippen LogP contribution in [0.2, 0.25) is 0 Å². The van der Waals surface area contributed by atoms with Crippen molar-refractivity contribution < 1.29 is 0 Å². The number of aromatic amines is 1. The molecule has 1 heterocycles. The fourth-order valence-electron chi connectivity index (χ4n) is 2.38. The molecule has 2 aromatic carbocycles. The number of hydrogen-bond donors (Lipinski definition) is 2. The number of hydrogen-bond acceptors (Lipinski definition) is 2. The summed E-state index contributed by atoms with van der Waals surface area (Å²) in [6.45, 7) is 0.390. The Labute approximate surface area is 110 Å². The number of nitrogens with one attached hydrogen (secondary N) is 1. The van der Waals surface area contributed by atoms with Crippen LogP contribution in [0, 0.1) is 0 Å². The SMILES string of the molecule is NCc1c(-c2ccccc2)ccc2ccc(=O)[nH]c12. The molecule has 3 rings (SSSR count). The Kier molecular flexibility index (Phi) is 2.89. The molecule has 19 heavy (non-hydrogen) atoms. The molecule has 3 nitrogen and oxygen atoms in total. The van der Waals surface area contributed by atoms with E-state index < -0.39 is 0 Å². The Morgan fingerprint density at radius 2 is 1.68 bits per heavy atom. The molecule has 3 aromatic rings. The molecule has 0 bridgehead atoms. The van der Waals surface area contributed by atoms with Gasteiger partial charge in [-0.2, -0.15) is 0 Å². The Balaban J connectivity index is 2.35. The molecule has 0 saturated heterocycles. The molecule has 3 N–H and O–H groups in total. The van der Waals surface area contributed by atoms with Crippen LogP contribution < -0.4 is 11.3 Å². The predicted octanol–water partition coefficient (Wildman–Crippen LogP) is 2.65. The average molecular weight is 250 g/mol. The van der Waals surface area contributed by atoms with Crippen molar-refractivity contribution in [2.75, 3.05) is 0 Å². The molecular weight excluding hydrogens is 236 g/mol. The van der Waals surface area contributed by atoms with Crippen LogP contribution in [0.3, 0.4) is 0 Å². The summed E-state index contributed by atoms with van der Waals surface area (Å²) in [7, 11) is 0. The Morgan fingerprint density at radius 3 is 2.42 bits per heavy atom. The van der Waals surface area contributed by atoms with Crippen LogP contribution in [0.1, 0.15) is 5.56 Å². The molecule has 0 aliphatic carbocycles. The number of pyridine rings is 1. The van der Waals surface area contributed by atoms with E-state index in [0.717, 1.165) is 27.6 Å². The van der Waals surface area contributed by atoms with Crippen molar-refractivity contribution in [1.82, 2.24) is 4.98 Å². The third-order valence-corrected chi connectivity index (χ3v) is 3.30. The van der Waals surface area contributed by atoms with Gasteiger partial charge in [-0.15, -0.1) is 0 Å². The number of fused-ring (bicyclic) bond motifs is 1. The maximum absolute atomic E-state index is 11.5. The highest BCUT2D eigenvalue weighted by Gasteiger charge is 2.08. The van der Waals surface area contributed by atoms with E-state index in [1.54, 1.807) is 0 Å². The average Bonchev–Trinajstić information content (AvgIpc) is 2.46. The number of aromatic nitrogens is 1. The normalized spacial score (nSPS) is 10.8. The zero-order valence-electron chi connectivity index (χ0n) is 10.4. The van der Waals surface area contributed by atoms with Gasteiger partial charge in [-0.25, -0.2) is 0 Å². The van der Waals surface area contributed by atoms with E-state index in [0.29, 0.717) is 6.54 Å². The largest absolute Gasteiger partial charge is 0.326 e. The van der Waals surface area contributed by atoms with Crippen LogP contribution in [0.25, 0.3) is 22.0 Å². The van der Waals surface area contributed by atoms with Crippen molar-refractivity contribution in [3.8, 4) is 11.1 Å². The molecule has 3 heteroatoms. The molecule has 94 valence electrons. The van der Waals surface area contributed by atoms with Crippen LogP contribution in [0.15, 0.2) is 59.4 Å². The van der Waals surface area contributed by atoms with Gasteiger partial charge in [0.1, 0.15) is 0 Å². The maximum atomic E-state index is 11.5. The van der Waals surface area contributed by atoms with Gasteiger partial charge in [0.05, 0.1) is 5.52 Å². The van der Waals surface area contributed by atoms with E-state index in [1.165, 1.54) is 6.07 Å². The summed E-state index contributed by atoms with van der Waals surface area (Å²) in [5, 5.41) is 1.000. The number of benzene rings is 2. The molecule has 0 aliphatic rings. The smallest absolute Gasteiger partial charge is 0.248 e. The van der Waals surface area contributed by atoms with Gasteiger partial charge in [0.25, 0.3) is 0 Å². The molecule has 0 atom stereocenters. The van der Waals surface area contributed by atoms with Crippen LogP contribution in [-0.4, -0.2) is 4.98 Å². The molecule has 0 amide bonds. The molecule has 0 saturated carbocycles. The van der Waals surface area contributed by atoms with Gasteiger partial charge < -0.3 is 10.7 Å². The number of nitrogens with two attached hydrogens (primary N) is 1. The third-order valence-electron chi connectivity index (χ3n) is 3.30. The van der Waals surface area contributed by atoms with Gasteiger partial charge >= 0.3 is 0 Å². The van der Waals surface area contributed by atoms with E-state index in [2.05, 4.69) is 11.1 Å². The van der Waals surface area contributed by atoms with Crippen molar-refractivity contribution in [3.63, 3.8) is 0 Å². The van der Waals surface area contributed by atoms with E-state index in [9.17, 15) is 4.79 Å². The Bertz CT molecular complexity index is 776. The van der Waals surface area contributed by atoms with Crippen LogP contribution in [0.4, 0.5) is 0 Å². The van der Waals surface area contributed by atoms with Crippen LogP contribution in [-0.2, 0) is 6.54 Å². The van der Waals surface area contributed by atoms with Crippen LogP contribution >= 0.6 is 0 Å². The van der Waals surface area contributed by atoms with Crippen LogP contribution in [0.5, 0.6) is 0 Å². The van der Waals surface area contributed by atoms with Gasteiger partial charge in [0, 0.05) is 12.6 Å². The minimum Gasteiger partial charge on any atom is -0.326 e. The van der Waals surface area contributed by atoms with Crippen molar-refractivity contribution in [3.05, 3.63) is 70.5 Å². The minimum absolute atomic E-state index is 0.104. The summed E-state index contributed by atoms with van der Waals surface area (Å²) in [4.78, 5) is 14.4. The lowest BCUT2D eigenvalue weighted by Gasteiger charge is -2.11. The molecule has 0 spiro atoms. The highest BCUT2D eigenvalue weighted by Crippen LogP contribution is 2.28. The first kappa shape index (κ1) is 11.7. The van der Waals surface area contributed by atoms with Gasteiger partial charge in [0.15, 0.2) is 0 Å². The number of rotatable bonds is 2. The van der Waals surface area contributed by atoms with Crippen molar-refractivity contribution in [2.45, 2.75) is 6.54 Å². The molecule has 0 aliphatic heterocycles. The topological polar surface area (TPSA) is 58.9 Å². The van der Waals surface area contributed by atoms with E-state index >= 15 is 0 Å². The molecule has 1 aromatic heterocycles. The Hall–Kier alpha value is -2.39. The summed E-state index contributed by atoms with van der Waals surface area (Å²) in [6.07, 6.45) is 0. The monoisotopic (exact) mass is 250 g/mol. The molecule has 0 unspecified atom stereocenters. The van der Waals surface area contributed by atoms with Gasteiger partial charge in [0.2, 0.25) is 5.56 Å². The summed E-state index contributed by atoms with van der Waals surface area (Å²) < 4.78 is 0. The van der Waals surface area contributed by atoms with Gasteiger partial charge in [-0.3, -0.25) is 4.79 Å². The lowest BCUT2D eigenvalue weighted by molar-refractivity contribution is 1.08. The zero-order valence-corrected chi connectivity index (χ0v) is 10.4. The predicted molar refractivity (Wildman–Crippen MR) is 77.9 cm³/mol. The van der Waals surface area contributed by atoms with Crippen molar-refractivity contribution in [1.29, 1.82) is 0 Å². The van der Waals surface area contributed by atoms with Crippen molar-refractivity contribution in [2.24, 2.45) is 5.73 Å². The highest BCUT2D eigenvalue weighted by molar-refractivity contribution is 5.88. The minimum atomic E-state index is -0.104.